The van der Waals surface area contributed by atoms with Crippen molar-refractivity contribution in [3.63, 3.8) is 0 Å². The summed E-state index contributed by atoms with van der Waals surface area (Å²) in [6.45, 7) is 4.05. The highest BCUT2D eigenvalue weighted by Gasteiger charge is 2.39. The monoisotopic (exact) mass is 497 g/mol. The lowest BCUT2D eigenvalue weighted by molar-refractivity contribution is -0.139. The van der Waals surface area contributed by atoms with Gasteiger partial charge in [-0.05, 0) is 49.9 Å². The molecule has 0 radical (unpaired) electrons. The summed E-state index contributed by atoms with van der Waals surface area (Å²) >= 11 is 6.26. The number of rotatable bonds is 10. The van der Waals surface area contributed by atoms with Gasteiger partial charge in [0.15, 0.2) is 0 Å². The molecular weight excluding hydrogens is 470 g/mol. The van der Waals surface area contributed by atoms with Crippen molar-refractivity contribution in [2.45, 2.75) is 38.7 Å². The largest absolute Gasteiger partial charge is 0.466 e. The van der Waals surface area contributed by atoms with E-state index in [0.717, 1.165) is 5.56 Å². The molecule has 2 atom stereocenters. The van der Waals surface area contributed by atoms with Crippen LogP contribution in [-0.2, 0) is 28.6 Å². The maximum atomic E-state index is 13.3. The van der Waals surface area contributed by atoms with Gasteiger partial charge in [-0.15, -0.1) is 0 Å². The van der Waals surface area contributed by atoms with Gasteiger partial charge in [-0.25, -0.2) is 9.59 Å². The van der Waals surface area contributed by atoms with Gasteiger partial charge in [0.2, 0.25) is 0 Å². The Labute approximate surface area is 209 Å². The van der Waals surface area contributed by atoms with E-state index in [-0.39, 0.29) is 12.2 Å². The first-order valence-electron chi connectivity index (χ1n) is 11.3. The van der Waals surface area contributed by atoms with Crippen LogP contribution in [0.2, 0.25) is 5.02 Å². The van der Waals surface area contributed by atoms with Crippen molar-refractivity contribution < 1.29 is 28.6 Å². The Morgan fingerprint density at radius 2 is 1.83 bits per heavy atom. The summed E-state index contributed by atoms with van der Waals surface area (Å²) in [6, 6.07) is 16.4. The smallest absolute Gasteiger partial charge is 0.336 e. The number of hydrogen-bond donors (Lipinski definition) is 1. The van der Waals surface area contributed by atoms with Crippen LogP contribution in [0.25, 0.3) is 0 Å². The van der Waals surface area contributed by atoms with Crippen molar-refractivity contribution in [1.29, 1.82) is 0 Å². The van der Waals surface area contributed by atoms with E-state index in [1.54, 1.807) is 38.1 Å². The van der Waals surface area contributed by atoms with Crippen LogP contribution < -0.4 is 5.32 Å². The van der Waals surface area contributed by atoms with Crippen LogP contribution in [0.15, 0.2) is 77.1 Å². The molecule has 0 saturated carbocycles. The molecule has 184 valence electrons. The van der Waals surface area contributed by atoms with Gasteiger partial charge in [0, 0.05) is 16.4 Å². The lowest BCUT2D eigenvalue weighted by Gasteiger charge is -2.32. The van der Waals surface area contributed by atoms with Crippen molar-refractivity contribution >= 4 is 30.0 Å². The van der Waals surface area contributed by atoms with E-state index < -0.39 is 24.0 Å². The van der Waals surface area contributed by atoms with Gasteiger partial charge in [-0.1, -0.05) is 54.1 Å². The van der Waals surface area contributed by atoms with Gasteiger partial charge < -0.3 is 19.5 Å². The first-order valence-corrected chi connectivity index (χ1v) is 11.6. The quantitative estimate of drug-likeness (QED) is 0.281. The Bertz CT molecular complexity index is 1140. The third kappa shape index (κ3) is 6.11. The Morgan fingerprint density at radius 1 is 1.09 bits per heavy atom. The Morgan fingerprint density at radius 3 is 2.46 bits per heavy atom. The van der Waals surface area contributed by atoms with Crippen molar-refractivity contribution in [3.05, 3.63) is 93.3 Å². The van der Waals surface area contributed by atoms with Crippen LogP contribution in [0.3, 0.4) is 0 Å². The predicted molar refractivity (Wildman–Crippen MR) is 131 cm³/mol. The van der Waals surface area contributed by atoms with E-state index in [4.69, 9.17) is 25.8 Å². The van der Waals surface area contributed by atoms with Gasteiger partial charge in [0.1, 0.15) is 6.10 Å². The maximum absolute atomic E-state index is 13.3. The Hall–Kier alpha value is -3.58. The van der Waals surface area contributed by atoms with E-state index in [0.29, 0.717) is 46.9 Å². The van der Waals surface area contributed by atoms with Crippen molar-refractivity contribution in [3.8, 4) is 0 Å². The number of methoxy groups -OCH3 is 1. The fourth-order valence-corrected chi connectivity index (χ4v) is 4.47. The number of dihydropyridines is 1. The molecule has 1 aliphatic rings. The van der Waals surface area contributed by atoms with E-state index in [2.05, 4.69) is 5.32 Å². The number of nitrogens with one attached hydrogen (secondary N) is 1. The van der Waals surface area contributed by atoms with Crippen molar-refractivity contribution in [2.24, 2.45) is 0 Å². The highest BCUT2D eigenvalue weighted by molar-refractivity contribution is 6.30. The van der Waals surface area contributed by atoms with Gasteiger partial charge in [-0.3, -0.25) is 4.79 Å². The highest BCUT2D eigenvalue weighted by Crippen LogP contribution is 2.41. The first-order chi connectivity index (χ1) is 16.9. The second-order valence-corrected chi connectivity index (χ2v) is 8.36. The summed E-state index contributed by atoms with van der Waals surface area (Å²) in [5.41, 5.74) is 3.21. The van der Waals surface area contributed by atoms with Crippen LogP contribution in [-0.4, -0.2) is 32.1 Å². The van der Waals surface area contributed by atoms with Crippen LogP contribution >= 0.6 is 11.6 Å². The minimum absolute atomic E-state index is 0.162. The molecule has 3 rings (SSSR count). The molecule has 35 heavy (non-hydrogen) atoms. The standard InChI is InChI=1S/C27H28ClNO6/c1-4-34-27(32)25-21(13-14-22(35-16-30)18-9-6-5-7-10-18)29-17(2)23(26(31)33-3)24(25)19-11-8-12-20(28)15-19/h5-12,15-16,22,24,29H,4,13-14H2,1-3H3. The summed E-state index contributed by atoms with van der Waals surface area (Å²) in [7, 11) is 1.29. The average molecular weight is 498 g/mol. The number of halogens is 1. The van der Waals surface area contributed by atoms with Gasteiger partial charge in [-0.2, -0.15) is 0 Å². The normalized spacial score (nSPS) is 16.3. The summed E-state index contributed by atoms with van der Waals surface area (Å²) in [5, 5.41) is 3.68. The Balaban J connectivity index is 2.10. The molecule has 0 aromatic heterocycles. The lowest BCUT2D eigenvalue weighted by atomic mass is 9.79. The number of carbonyl (C=O) groups excluding carboxylic acids is 3. The van der Waals surface area contributed by atoms with Crippen LogP contribution in [0, 0.1) is 0 Å². The molecule has 0 spiro atoms. The van der Waals surface area contributed by atoms with Crippen LogP contribution in [0.1, 0.15) is 49.8 Å². The minimum Gasteiger partial charge on any atom is -0.466 e. The Kier molecular flexibility index (Phi) is 9.09. The molecule has 2 aromatic rings. The number of esters is 2. The molecule has 0 amide bonds. The molecule has 8 heteroatoms. The zero-order chi connectivity index (χ0) is 25.4. The summed E-state index contributed by atoms with van der Waals surface area (Å²) in [4.78, 5) is 37.3. The lowest BCUT2D eigenvalue weighted by Crippen LogP contribution is -2.33. The fraction of sp³-hybridized carbons (Fsp3) is 0.296. The number of allylic oxidation sites excluding steroid dienone is 2. The molecular formula is C27H28ClNO6. The second-order valence-electron chi connectivity index (χ2n) is 7.93. The topological polar surface area (TPSA) is 90.9 Å². The number of ether oxygens (including phenoxy) is 3. The van der Waals surface area contributed by atoms with Crippen molar-refractivity contribution in [1.82, 2.24) is 5.32 Å². The maximum Gasteiger partial charge on any atom is 0.336 e. The number of hydrogen-bond acceptors (Lipinski definition) is 7. The molecule has 0 fully saturated rings. The fourth-order valence-electron chi connectivity index (χ4n) is 4.27. The first kappa shape index (κ1) is 26.0. The van der Waals surface area contributed by atoms with E-state index >= 15 is 0 Å². The summed E-state index contributed by atoms with van der Waals surface area (Å²) in [6.07, 6.45) is 0.240. The van der Waals surface area contributed by atoms with Crippen LogP contribution in [0.4, 0.5) is 0 Å². The molecule has 7 nitrogen and oxygen atoms in total. The minimum atomic E-state index is -0.751. The van der Waals surface area contributed by atoms with Gasteiger partial charge in [0.25, 0.3) is 6.47 Å². The summed E-state index contributed by atoms with van der Waals surface area (Å²) < 4.78 is 15.8. The molecule has 1 heterocycles. The SMILES string of the molecule is CCOC(=O)C1=C(CCC(OC=O)c2ccccc2)NC(C)=C(C(=O)OC)C1c1cccc(Cl)c1. The third-order valence-electron chi connectivity index (χ3n) is 5.78. The summed E-state index contributed by atoms with van der Waals surface area (Å²) in [5.74, 6) is -1.87. The highest BCUT2D eigenvalue weighted by atomic mass is 35.5. The molecule has 2 aromatic carbocycles. The molecule has 0 saturated heterocycles. The van der Waals surface area contributed by atoms with Crippen LogP contribution in [0.5, 0.6) is 0 Å². The molecule has 0 bridgehead atoms. The van der Waals surface area contributed by atoms with Crippen molar-refractivity contribution in [2.75, 3.05) is 13.7 Å². The number of benzene rings is 2. The second kappa shape index (κ2) is 12.2. The van der Waals surface area contributed by atoms with Gasteiger partial charge >= 0.3 is 11.9 Å². The molecule has 0 aliphatic carbocycles. The molecule has 1 N–H and O–H groups in total. The zero-order valence-electron chi connectivity index (χ0n) is 19.9. The number of carbonyl (C=O) groups is 3. The van der Waals surface area contributed by atoms with E-state index in [1.807, 2.05) is 30.3 Å². The van der Waals surface area contributed by atoms with Gasteiger partial charge in [0.05, 0.1) is 30.8 Å². The zero-order valence-corrected chi connectivity index (χ0v) is 20.6. The third-order valence-corrected chi connectivity index (χ3v) is 6.01. The average Bonchev–Trinajstić information content (AvgIpc) is 2.86. The van der Waals surface area contributed by atoms with E-state index in [9.17, 15) is 14.4 Å². The van der Waals surface area contributed by atoms with E-state index in [1.165, 1.54) is 7.11 Å². The molecule has 1 aliphatic heterocycles. The molecule has 2 unspecified atom stereocenters. The predicted octanol–water partition coefficient (Wildman–Crippen LogP) is 4.99.